The Hall–Kier alpha value is 1.38. The van der Waals surface area contributed by atoms with Crippen LogP contribution in [0.5, 0.6) is 0 Å². The molecule has 0 radical (unpaired) electrons. The summed E-state index contributed by atoms with van der Waals surface area (Å²) < 4.78 is 0. The average Bonchev–Trinajstić information content (AvgIpc) is 2.34. The summed E-state index contributed by atoms with van der Waals surface area (Å²) in [6.45, 7) is 0. The Morgan fingerprint density at radius 1 is 0.474 bits per heavy atom. The lowest BCUT2D eigenvalue weighted by atomic mass is 10.1. The van der Waals surface area contributed by atoms with Crippen molar-refractivity contribution < 1.29 is 0 Å². The first-order valence-corrected chi connectivity index (χ1v) is 13.5. The predicted octanol–water partition coefficient (Wildman–Crippen LogP) is 7.56. The fourth-order valence-electron chi connectivity index (χ4n) is 2.19. The van der Waals surface area contributed by atoms with Crippen molar-refractivity contribution in [2.45, 2.75) is 83.1 Å². The third kappa shape index (κ3) is 19.4. The van der Waals surface area contributed by atoms with E-state index in [-0.39, 0.29) is 0 Å². The maximum Gasteiger partial charge on any atom is 0.341 e. The molecule has 0 saturated heterocycles. The quantitative estimate of drug-likeness (QED) is 0.129. The molecule has 0 aliphatic heterocycles. The van der Waals surface area contributed by atoms with Crippen LogP contribution in [-0.2, 0) is 0 Å². The molecule has 0 N–H and O–H groups in total. The molecule has 0 amide bonds. The highest BCUT2D eigenvalue weighted by molar-refractivity contribution is 7.64. The van der Waals surface area contributed by atoms with Gasteiger partial charge in [-0.15, -0.1) is 44.8 Å². The molecule has 0 rings (SSSR count). The second-order valence-corrected chi connectivity index (χ2v) is 15.0. The lowest BCUT2D eigenvalue weighted by Gasteiger charge is -2.06. The molecule has 0 aromatic rings. The molecule has 0 spiro atoms. The highest BCUT2D eigenvalue weighted by Gasteiger charge is 2.23. The molecule has 0 aliphatic carbocycles. The third-order valence-corrected chi connectivity index (χ3v) is 6.23. The number of hydrogen-bond acceptors (Lipinski definition) is 0. The Bertz CT molecular complexity index is 183. The number of hydrogen-bond donors (Lipinski definition) is 0. The van der Waals surface area contributed by atoms with Gasteiger partial charge in [0.25, 0.3) is 0 Å². The molecule has 0 nitrogen and oxygen atoms in total. The van der Waals surface area contributed by atoms with Crippen LogP contribution in [0.25, 0.3) is 0 Å². The lowest BCUT2D eigenvalue weighted by Crippen LogP contribution is -2.07. The van der Waals surface area contributed by atoms with Crippen LogP contribution in [-0.4, -0.2) is 11.9 Å². The fraction of sp³-hybridized carbons (Fsp3) is 1.00. The first-order valence-electron chi connectivity index (χ1n) is 7.69. The second kappa shape index (κ2) is 14.3. The molecule has 19 heavy (non-hydrogen) atoms. The standard InChI is InChI=1S/C14H28Cl4Si/c15-13-11-9-7-5-3-1-2-4-6-8-10-12-14-19(16,17)18/h1-14H2. The predicted molar refractivity (Wildman–Crippen MR) is 94.2 cm³/mol. The van der Waals surface area contributed by atoms with Crippen LogP contribution in [0.4, 0.5) is 0 Å². The van der Waals surface area contributed by atoms with Gasteiger partial charge in [-0.3, -0.25) is 0 Å². The molecule has 0 aromatic carbocycles. The largest absolute Gasteiger partial charge is 0.341 e. The van der Waals surface area contributed by atoms with E-state index in [0.29, 0.717) is 0 Å². The van der Waals surface area contributed by atoms with E-state index in [0.717, 1.165) is 18.3 Å². The first kappa shape index (κ1) is 20.4. The average molecular weight is 366 g/mol. The van der Waals surface area contributed by atoms with E-state index in [1.807, 2.05) is 0 Å². The van der Waals surface area contributed by atoms with E-state index >= 15 is 0 Å². The Morgan fingerprint density at radius 2 is 0.789 bits per heavy atom. The summed E-state index contributed by atoms with van der Waals surface area (Å²) in [7, 11) is 0. The van der Waals surface area contributed by atoms with Crippen LogP contribution in [0.3, 0.4) is 0 Å². The van der Waals surface area contributed by atoms with Gasteiger partial charge in [0.05, 0.1) is 0 Å². The molecule has 116 valence electrons. The molecule has 0 unspecified atom stereocenters. The van der Waals surface area contributed by atoms with Crippen LogP contribution < -0.4 is 0 Å². The molecule has 0 aliphatic rings. The van der Waals surface area contributed by atoms with Gasteiger partial charge in [0, 0.05) is 5.88 Å². The molecule has 0 aromatic heterocycles. The van der Waals surface area contributed by atoms with Crippen LogP contribution in [0.15, 0.2) is 0 Å². The zero-order valence-corrected chi connectivity index (χ0v) is 15.9. The number of halogens is 4. The number of unbranched alkanes of at least 4 members (excludes halogenated alkanes) is 11. The highest BCUT2D eigenvalue weighted by atomic mass is 35.8. The van der Waals surface area contributed by atoms with Gasteiger partial charge in [0.15, 0.2) is 0 Å². The summed E-state index contributed by atoms with van der Waals surface area (Å²) in [5, 5.41) is 0. The van der Waals surface area contributed by atoms with Gasteiger partial charge < -0.3 is 0 Å². The summed E-state index contributed by atoms with van der Waals surface area (Å²) in [5.74, 6) is 0.820. The van der Waals surface area contributed by atoms with Crippen molar-refractivity contribution in [2.24, 2.45) is 0 Å². The SMILES string of the molecule is ClCCCCCCCCCCCCCC[Si](Cl)(Cl)Cl. The maximum absolute atomic E-state index is 5.84. The van der Waals surface area contributed by atoms with E-state index in [2.05, 4.69) is 0 Å². The van der Waals surface area contributed by atoms with Crippen molar-refractivity contribution >= 4 is 50.8 Å². The van der Waals surface area contributed by atoms with Crippen molar-refractivity contribution in [1.29, 1.82) is 0 Å². The summed E-state index contributed by atoms with van der Waals surface area (Å²) >= 11 is 23.2. The minimum atomic E-state index is -2.35. The summed E-state index contributed by atoms with van der Waals surface area (Å²) in [4.78, 5) is 0. The molecule has 0 saturated carbocycles. The van der Waals surface area contributed by atoms with Crippen molar-refractivity contribution in [3.8, 4) is 0 Å². The second-order valence-electron chi connectivity index (χ2n) is 5.30. The zero-order chi connectivity index (χ0) is 14.4. The minimum absolute atomic E-state index is 0.819. The van der Waals surface area contributed by atoms with E-state index < -0.39 is 6.00 Å². The summed E-state index contributed by atoms with van der Waals surface area (Å²) in [6.07, 6.45) is 15.7. The normalized spacial score (nSPS) is 12.0. The van der Waals surface area contributed by atoms with Gasteiger partial charge in [0.1, 0.15) is 0 Å². The molecule has 0 heterocycles. The van der Waals surface area contributed by atoms with Crippen LogP contribution in [0, 0.1) is 0 Å². The number of alkyl halides is 1. The van der Waals surface area contributed by atoms with Crippen molar-refractivity contribution in [2.75, 3.05) is 5.88 Å². The van der Waals surface area contributed by atoms with Gasteiger partial charge in [-0.2, -0.15) is 0 Å². The van der Waals surface area contributed by atoms with Crippen LogP contribution in [0.1, 0.15) is 77.0 Å². The van der Waals surface area contributed by atoms with Gasteiger partial charge in [-0.05, 0) is 12.5 Å². The zero-order valence-electron chi connectivity index (χ0n) is 11.9. The fourth-order valence-corrected chi connectivity index (χ4v) is 4.23. The van der Waals surface area contributed by atoms with E-state index in [4.69, 9.17) is 44.8 Å². The molecular formula is C14H28Cl4Si. The van der Waals surface area contributed by atoms with Gasteiger partial charge >= 0.3 is 6.00 Å². The monoisotopic (exact) mass is 364 g/mol. The Balaban J connectivity index is 2.99. The lowest BCUT2D eigenvalue weighted by molar-refractivity contribution is 0.548. The molecule has 5 heteroatoms. The van der Waals surface area contributed by atoms with E-state index in [1.165, 1.54) is 70.6 Å². The van der Waals surface area contributed by atoms with Gasteiger partial charge in [-0.25, -0.2) is 0 Å². The van der Waals surface area contributed by atoms with Crippen molar-refractivity contribution in [3.63, 3.8) is 0 Å². The van der Waals surface area contributed by atoms with Crippen molar-refractivity contribution in [1.82, 2.24) is 0 Å². The van der Waals surface area contributed by atoms with E-state index in [1.54, 1.807) is 0 Å². The van der Waals surface area contributed by atoms with Gasteiger partial charge in [0.2, 0.25) is 0 Å². The molecule has 0 bridgehead atoms. The molecule has 0 atom stereocenters. The highest BCUT2D eigenvalue weighted by Crippen LogP contribution is 2.27. The maximum atomic E-state index is 5.84. The topological polar surface area (TPSA) is 0 Å². The Morgan fingerprint density at radius 3 is 1.11 bits per heavy atom. The third-order valence-electron chi connectivity index (χ3n) is 3.34. The van der Waals surface area contributed by atoms with Gasteiger partial charge in [-0.1, -0.05) is 70.6 Å². The minimum Gasteiger partial charge on any atom is -0.127 e. The smallest absolute Gasteiger partial charge is 0.127 e. The summed E-state index contributed by atoms with van der Waals surface area (Å²) in [6, 6.07) is -1.53. The first-order chi connectivity index (χ1) is 9.06. The molecular weight excluding hydrogens is 338 g/mol. The van der Waals surface area contributed by atoms with E-state index in [9.17, 15) is 0 Å². The Kier molecular flexibility index (Phi) is 15.4. The van der Waals surface area contributed by atoms with Crippen LogP contribution in [0.2, 0.25) is 6.04 Å². The van der Waals surface area contributed by atoms with Crippen molar-refractivity contribution in [3.05, 3.63) is 0 Å². The number of rotatable bonds is 14. The summed E-state index contributed by atoms with van der Waals surface area (Å²) in [5.41, 5.74) is 0. The molecule has 0 fully saturated rings. The Labute approximate surface area is 139 Å². The van der Waals surface area contributed by atoms with Crippen LogP contribution >= 0.6 is 44.8 Å².